The molecule has 33 heavy (non-hydrogen) atoms. The van der Waals surface area contributed by atoms with E-state index in [2.05, 4.69) is 29.9 Å². The fourth-order valence-electron chi connectivity index (χ4n) is 4.58. The summed E-state index contributed by atoms with van der Waals surface area (Å²) in [6.45, 7) is -0.714. The zero-order chi connectivity index (χ0) is 23.4. The first-order chi connectivity index (χ1) is 15.8. The summed E-state index contributed by atoms with van der Waals surface area (Å²) in [4.78, 5) is 10.8. The smallest absolute Gasteiger partial charge is 0.387 e. The van der Waals surface area contributed by atoms with Crippen molar-refractivity contribution in [1.29, 1.82) is 0 Å². The maximum atomic E-state index is 12.3. The molecule has 6 heteroatoms. The Labute approximate surface area is 192 Å². The Kier molecular flexibility index (Phi) is 6.82. The van der Waals surface area contributed by atoms with E-state index in [0.29, 0.717) is 11.8 Å². The molecule has 0 radical (unpaired) electrons. The van der Waals surface area contributed by atoms with Crippen molar-refractivity contribution in [3.8, 4) is 11.5 Å². The number of primary amides is 1. The molecule has 5 rings (SSSR count). The van der Waals surface area contributed by atoms with Gasteiger partial charge >= 0.3 is 6.61 Å². The van der Waals surface area contributed by atoms with E-state index < -0.39 is 12.5 Å². The van der Waals surface area contributed by atoms with Gasteiger partial charge in [0.05, 0.1) is 0 Å². The van der Waals surface area contributed by atoms with Gasteiger partial charge in [-0.05, 0) is 74.1 Å². The lowest BCUT2D eigenvalue weighted by molar-refractivity contribution is -0.117. The van der Waals surface area contributed by atoms with Crippen LogP contribution in [0.3, 0.4) is 0 Å². The maximum absolute atomic E-state index is 12.3. The van der Waals surface area contributed by atoms with Crippen molar-refractivity contribution < 1.29 is 23.0 Å². The third-order valence-corrected chi connectivity index (χ3v) is 6.49. The van der Waals surface area contributed by atoms with Crippen molar-refractivity contribution in [3.63, 3.8) is 0 Å². The third kappa shape index (κ3) is 5.44. The number of hydrogen-bond donors (Lipinski definition) is 1. The second-order valence-electron chi connectivity index (χ2n) is 8.86. The van der Waals surface area contributed by atoms with Crippen LogP contribution in [0, 0.1) is 6.92 Å². The zero-order valence-electron chi connectivity index (χ0n) is 18.8. The normalized spacial score (nSPS) is 15.8. The molecule has 1 saturated carbocycles. The van der Waals surface area contributed by atoms with Crippen LogP contribution in [0.15, 0.2) is 54.6 Å². The second-order valence-corrected chi connectivity index (χ2v) is 8.86. The summed E-state index contributed by atoms with van der Waals surface area (Å²) in [7, 11) is 0. The Morgan fingerprint density at radius 1 is 1.09 bits per heavy atom. The van der Waals surface area contributed by atoms with Crippen LogP contribution in [0.5, 0.6) is 11.5 Å². The standard InChI is InChI=1S/C14H13F2NO2.C13H16O/c15-14(16)19-12-7-5-9(6-8-13(17)18)10-3-1-2-4-11(10)12;1-10-3-4-12-11(9-10)5-8-13(14-12)6-2-7-13/h1-5,7,14H,6,8H2,(H2,17,18);3-4,9H,2,5-8H2,1H3. The summed E-state index contributed by atoms with van der Waals surface area (Å²) in [5, 5.41) is 1.40. The van der Waals surface area contributed by atoms with E-state index in [1.807, 2.05) is 12.1 Å². The van der Waals surface area contributed by atoms with Crippen LogP contribution in [0.2, 0.25) is 0 Å². The van der Waals surface area contributed by atoms with Crippen LogP contribution < -0.4 is 15.2 Å². The number of benzene rings is 3. The molecule has 0 saturated heterocycles. The number of alkyl halides is 2. The van der Waals surface area contributed by atoms with Gasteiger partial charge in [0.1, 0.15) is 17.1 Å². The minimum Gasteiger partial charge on any atom is -0.487 e. The molecule has 1 amide bonds. The molecular weight excluding hydrogens is 424 g/mol. The van der Waals surface area contributed by atoms with Gasteiger partial charge in [-0.15, -0.1) is 0 Å². The van der Waals surface area contributed by atoms with Crippen LogP contribution in [0.4, 0.5) is 8.78 Å². The molecule has 1 heterocycles. The highest BCUT2D eigenvalue weighted by Gasteiger charge is 2.41. The fourth-order valence-corrected chi connectivity index (χ4v) is 4.58. The minimum absolute atomic E-state index is 0.133. The van der Waals surface area contributed by atoms with Crippen molar-refractivity contribution in [2.45, 2.75) is 64.1 Å². The number of halogens is 2. The van der Waals surface area contributed by atoms with E-state index in [-0.39, 0.29) is 17.8 Å². The molecule has 0 bridgehead atoms. The summed E-state index contributed by atoms with van der Waals surface area (Å²) in [6, 6.07) is 16.8. The average molecular weight is 454 g/mol. The predicted molar refractivity (Wildman–Crippen MR) is 125 cm³/mol. The van der Waals surface area contributed by atoms with E-state index in [9.17, 15) is 13.6 Å². The summed E-state index contributed by atoms with van der Waals surface area (Å²) >= 11 is 0. The van der Waals surface area contributed by atoms with E-state index in [1.54, 1.807) is 18.2 Å². The van der Waals surface area contributed by atoms with Crippen LogP contribution in [0.1, 0.15) is 48.8 Å². The number of fused-ring (bicyclic) bond motifs is 2. The van der Waals surface area contributed by atoms with Crippen molar-refractivity contribution in [2.24, 2.45) is 5.73 Å². The third-order valence-electron chi connectivity index (χ3n) is 6.49. The van der Waals surface area contributed by atoms with Gasteiger partial charge in [-0.1, -0.05) is 48.0 Å². The van der Waals surface area contributed by atoms with Crippen LogP contribution in [0.25, 0.3) is 10.8 Å². The number of nitrogens with two attached hydrogens (primary N) is 1. The van der Waals surface area contributed by atoms with Gasteiger partial charge in [0, 0.05) is 11.8 Å². The largest absolute Gasteiger partial charge is 0.487 e. The number of amides is 1. The molecule has 1 aliphatic heterocycles. The van der Waals surface area contributed by atoms with Crippen LogP contribution >= 0.6 is 0 Å². The van der Waals surface area contributed by atoms with Crippen LogP contribution in [-0.4, -0.2) is 18.1 Å². The van der Waals surface area contributed by atoms with E-state index in [4.69, 9.17) is 10.5 Å². The summed E-state index contributed by atoms with van der Waals surface area (Å²) in [6.07, 6.45) is 7.01. The van der Waals surface area contributed by atoms with Crippen molar-refractivity contribution in [1.82, 2.24) is 0 Å². The Morgan fingerprint density at radius 2 is 1.85 bits per heavy atom. The van der Waals surface area contributed by atoms with Gasteiger partial charge < -0.3 is 15.2 Å². The van der Waals surface area contributed by atoms with Gasteiger partial charge in [0.2, 0.25) is 5.91 Å². The van der Waals surface area contributed by atoms with E-state index in [1.165, 1.54) is 49.3 Å². The molecule has 0 unspecified atom stereocenters. The molecule has 3 aromatic carbocycles. The molecule has 3 aromatic rings. The number of rotatable bonds is 5. The lowest BCUT2D eigenvalue weighted by Crippen LogP contribution is -2.45. The fraction of sp³-hybridized carbons (Fsp3) is 0.370. The summed E-state index contributed by atoms with van der Waals surface area (Å²) in [5.74, 6) is 0.881. The SMILES string of the molecule is Cc1ccc2c(c1)CCC1(CCC1)O2.NC(=O)CCc1ccc(OC(F)F)c2ccccc12. The summed E-state index contributed by atoms with van der Waals surface area (Å²) < 4.78 is 35.2. The van der Waals surface area contributed by atoms with Gasteiger partial charge in [-0.2, -0.15) is 8.78 Å². The number of carbonyl (C=O) groups is 1. The predicted octanol–water partition coefficient (Wildman–Crippen LogP) is 6.10. The molecule has 174 valence electrons. The van der Waals surface area contributed by atoms with Gasteiger partial charge in [-0.3, -0.25) is 4.79 Å². The van der Waals surface area contributed by atoms with Crippen molar-refractivity contribution in [2.75, 3.05) is 0 Å². The molecule has 1 aliphatic carbocycles. The summed E-state index contributed by atoms with van der Waals surface area (Å²) in [5.41, 5.74) is 8.99. The Hall–Kier alpha value is -3.15. The highest BCUT2D eigenvalue weighted by Crippen LogP contribution is 2.44. The average Bonchev–Trinajstić information content (AvgIpc) is 2.77. The Morgan fingerprint density at radius 3 is 2.52 bits per heavy atom. The molecule has 1 spiro atoms. The first-order valence-corrected chi connectivity index (χ1v) is 11.4. The first kappa shape index (κ1) is 23.0. The molecule has 2 N–H and O–H groups in total. The van der Waals surface area contributed by atoms with Gasteiger partial charge in [-0.25, -0.2) is 0 Å². The first-order valence-electron chi connectivity index (χ1n) is 11.4. The van der Waals surface area contributed by atoms with E-state index >= 15 is 0 Å². The highest BCUT2D eigenvalue weighted by atomic mass is 19.3. The maximum Gasteiger partial charge on any atom is 0.387 e. The topological polar surface area (TPSA) is 61.5 Å². The lowest BCUT2D eigenvalue weighted by atomic mass is 9.74. The van der Waals surface area contributed by atoms with E-state index in [0.717, 1.165) is 16.7 Å². The minimum atomic E-state index is -2.86. The quantitative estimate of drug-likeness (QED) is 0.508. The molecule has 0 atom stereocenters. The number of aryl methyl sites for hydroxylation is 3. The molecular formula is C27H29F2NO3. The van der Waals surface area contributed by atoms with Crippen molar-refractivity contribution >= 4 is 16.7 Å². The van der Waals surface area contributed by atoms with Crippen LogP contribution in [-0.2, 0) is 17.6 Å². The molecule has 0 aromatic heterocycles. The lowest BCUT2D eigenvalue weighted by Gasteiger charge is -2.45. The Balaban J connectivity index is 0.000000163. The second kappa shape index (κ2) is 9.77. The number of carbonyl (C=O) groups excluding carboxylic acids is 1. The van der Waals surface area contributed by atoms with Gasteiger partial charge in [0.25, 0.3) is 0 Å². The molecule has 4 nitrogen and oxygen atoms in total. The zero-order valence-corrected chi connectivity index (χ0v) is 18.8. The highest BCUT2D eigenvalue weighted by molar-refractivity contribution is 5.91. The van der Waals surface area contributed by atoms with Crippen molar-refractivity contribution in [3.05, 3.63) is 71.3 Å². The Bertz CT molecular complexity index is 1140. The number of ether oxygens (including phenoxy) is 2. The monoisotopic (exact) mass is 453 g/mol. The number of hydrogen-bond acceptors (Lipinski definition) is 3. The molecule has 1 fully saturated rings. The van der Waals surface area contributed by atoms with Gasteiger partial charge in [0.15, 0.2) is 0 Å². The molecule has 2 aliphatic rings.